The lowest BCUT2D eigenvalue weighted by atomic mass is 9.89. The Kier molecular flexibility index (Phi) is 6.08. The number of halogens is 1. The summed E-state index contributed by atoms with van der Waals surface area (Å²) in [5.74, 6) is 0.322. The molecular formula is C22H29ClN2O. The highest BCUT2D eigenvalue weighted by molar-refractivity contribution is 6.33. The maximum atomic E-state index is 12.4. The van der Waals surface area contributed by atoms with E-state index < -0.39 is 0 Å². The molecule has 0 saturated heterocycles. The zero-order valence-corrected chi connectivity index (χ0v) is 16.6. The molecule has 3 rings (SSSR count). The molecule has 0 aliphatic heterocycles. The van der Waals surface area contributed by atoms with E-state index in [0.717, 1.165) is 36.2 Å². The lowest BCUT2D eigenvalue weighted by Crippen LogP contribution is -2.18. The van der Waals surface area contributed by atoms with Gasteiger partial charge in [0.2, 0.25) is 0 Å². The smallest absolute Gasteiger partial charge is 0.251 e. The molecule has 0 atom stereocenters. The second-order valence-corrected chi connectivity index (χ2v) is 7.90. The van der Waals surface area contributed by atoms with Crippen LogP contribution < -0.4 is 5.73 Å². The number of nitrogens with zero attached hydrogens (tertiary/aromatic N) is 1. The first-order valence-corrected chi connectivity index (χ1v) is 10.2. The van der Waals surface area contributed by atoms with Crippen LogP contribution in [0.4, 0.5) is 0 Å². The summed E-state index contributed by atoms with van der Waals surface area (Å²) in [4.78, 5) is 12.4. The van der Waals surface area contributed by atoms with Crippen LogP contribution in [0.2, 0.25) is 5.02 Å². The fourth-order valence-corrected chi connectivity index (χ4v) is 4.66. The molecular weight excluding hydrogens is 344 g/mol. The number of primary amides is 1. The third kappa shape index (κ3) is 3.68. The molecule has 0 bridgehead atoms. The standard InChI is InChI=1S/C22H29ClN2O/c1-3-9-19-21(17-12-7-8-13-18(17)23)20(22(24)26)15(2)25(19)14-16-10-5-4-6-11-16/h7-8,12-13,16H,3-6,9-11,14H2,1-2H3,(H2,24,26). The molecule has 2 aromatic rings. The number of nitrogens with two attached hydrogens (primary N) is 1. The quantitative estimate of drug-likeness (QED) is 0.689. The van der Waals surface area contributed by atoms with E-state index in [4.69, 9.17) is 17.3 Å². The van der Waals surface area contributed by atoms with Crippen LogP contribution >= 0.6 is 11.6 Å². The molecule has 1 aliphatic rings. The van der Waals surface area contributed by atoms with Gasteiger partial charge in [-0.15, -0.1) is 0 Å². The number of hydrogen-bond donors (Lipinski definition) is 1. The Morgan fingerprint density at radius 2 is 1.92 bits per heavy atom. The van der Waals surface area contributed by atoms with Gasteiger partial charge in [0.25, 0.3) is 5.91 Å². The van der Waals surface area contributed by atoms with Gasteiger partial charge in [0, 0.05) is 34.1 Å². The second-order valence-electron chi connectivity index (χ2n) is 7.49. The monoisotopic (exact) mass is 372 g/mol. The molecule has 0 unspecified atom stereocenters. The van der Waals surface area contributed by atoms with Gasteiger partial charge in [0.1, 0.15) is 0 Å². The number of hydrogen-bond acceptors (Lipinski definition) is 1. The fourth-order valence-electron chi connectivity index (χ4n) is 4.42. The number of rotatable bonds is 6. The summed E-state index contributed by atoms with van der Waals surface area (Å²) >= 11 is 6.50. The fraction of sp³-hybridized carbons (Fsp3) is 0.500. The summed E-state index contributed by atoms with van der Waals surface area (Å²) < 4.78 is 2.36. The van der Waals surface area contributed by atoms with Crippen molar-refractivity contribution in [3.63, 3.8) is 0 Å². The lowest BCUT2D eigenvalue weighted by Gasteiger charge is -2.24. The van der Waals surface area contributed by atoms with Crippen molar-refractivity contribution in [2.24, 2.45) is 11.7 Å². The Morgan fingerprint density at radius 1 is 1.23 bits per heavy atom. The van der Waals surface area contributed by atoms with Crippen molar-refractivity contribution in [1.29, 1.82) is 0 Å². The predicted molar refractivity (Wildman–Crippen MR) is 109 cm³/mol. The number of aromatic nitrogens is 1. The molecule has 1 aromatic heterocycles. The molecule has 140 valence electrons. The van der Waals surface area contributed by atoms with E-state index in [0.29, 0.717) is 16.5 Å². The Bertz CT molecular complexity index is 788. The van der Waals surface area contributed by atoms with Gasteiger partial charge in [0.15, 0.2) is 0 Å². The van der Waals surface area contributed by atoms with E-state index in [1.54, 1.807) is 0 Å². The first-order chi connectivity index (χ1) is 12.5. The summed E-state index contributed by atoms with van der Waals surface area (Å²) in [5.41, 5.74) is 10.5. The maximum Gasteiger partial charge on any atom is 0.251 e. The zero-order valence-electron chi connectivity index (χ0n) is 15.9. The Hall–Kier alpha value is -1.74. The van der Waals surface area contributed by atoms with E-state index in [1.165, 1.54) is 37.8 Å². The van der Waals surface area contributed by atoms with Crippen LogP contribution in [0.15, 0.2) is 24.3 Å². The van der Waals surface area contributed by atoms with Crippen LogP contribution in [0, 0.1) is 12.8 Å². The Balaban J connectivity index is 2.16. The molecule has 3 nitrogen and oxygen atoms in total. The summed E-state index contributed by atoms with van der Waals surface area (Å²) in [6.07, 6.45) is 8.46. The van der Waals surface area contributed by atoms with Crippen molar-refractivity contribution >= 4 is 17.5 Å². The summed E-state index contributed by atoms with van der Waals surface area (Å²) in [7, 11) is 0. The first-order valence-electron chi connectivity index (χ1n) is 9.81. The summed E-state index contributed by atoms with van der Waals surface area (Å²) in [6, 6.07) is 7.76. The molecule has 2 N–H and O–H groups in total. The van der Waals surface area contributed by atoms with E-state index in [1.807, 2.05) is 31.2 Å². The normalized spacial score (nSPS) is 15.3. The number of benzene rings is 1. The molecule has 0 spiro atoms. The van der Waals surface area contributed by atoms with Crippen molar-refractivity contribution < 1.29 is 4.79 Å². The largest absolute Gasteiger partial charge is 0.366 e. The average molecular weight is 373 g/mol. The first kappa shape index (κ1) is 19.0. The molecule has 26 heavy (non-hydrogen) atoms. The number of carbonyl (C=O) groups is 1. The van der Waals surface area contributed by atoms with Crippen LogP contribution in [0.5, 0.6) is 0 Å². The molecule has 1 saturated carbocycles. The SMILES string of the molecule is CCCc1c(-c2ccccc2Cl)c(C(N)=O)c(C)n1CC1CCCCC1. The van der Waals surface area contributed by atoms with Gasteiger partial charge >= 0.3 is 0 Å². The number of carbonyl (C=O) groups excluding carboxylic acids is 1. The second kappa shape index (κ2) is 8.30. The Labute approximate surface area is 161 Å². The van der Waals surface area contributed by atoms with Gasteiger partial charge in [-0.1, -0.05) is 62.4 Å². The van der Waals surface area contributed by atoms with Crippen molar-refractivity contribution in [1.82, 2.24) is 4.57 Å². The van der Waals surface area contributed by atoms with Crippen LogP contribution in [0.3, 0.4) is 0 Å². The minimum Gasteiger partial charge on any atom is -0.366 e. The number of amides is 1. The highest BCUT2D eigenvalue weighted by Gasteiger charge is 2.27. The third-order valence-electron chi connectivity index (χ3n) is 5.67. The van der Waals surface area contributed by atoms with Crippen molar-refractivity contribution in [3.8, 4) is 11.1 Å². The lowest BCUT2D eigenvalue weighted by molar-refractivity contribution is 0.1000. The van der Waals surface area contributed by atoms with Crippen molar-refractivity contribution in [2.45, 2.75) is 65.3 Å². The molecule has 1 amide bonds. The predicted octanol–water partition coefficient (Wildman–Crippen LogP) is 5.75. The minimum absolute atomic E-state index is 0.364. The van der Waals surface area contributed by atoms with Crippen molar-refractivity contribution in [3.05, 3.63) is 46.2 Å². The molecule has 1 aromatic carbocycles. The summed E-state index contributed by atoms with van der Waals surface area (Å²) in [5, 5.41) is 0.669. The minimum atomic E-state index is -0.364. The van der Waals surface area contributed by atoms with Gasteiger partial charge in [0.05, 0.1) is 5.56 Å². The molecule has 4 heteroatoms. The van der Waals surface area contributed by atoms with Crippen LogP contribution in [-0.2, 0) is 13.0 Å². The van der Waals surface area contributed by atoms with Crippen LogP contribution in [0.1, 0.15) is 67.2 Å². The van der Waals surface area contributed by atoms with E-state index in [2.05, 4.69) is 11.5 Å². The molecule has 1 aliphatic carbocycles. The van der Waals surface area contributed by atoms with E-state index in [9.17, 15) is 4.79 Å². The van der Waals surface area contributed by atoms with Gasteiger partial charge in [-0.25, -0.2) is 0 Å². The van der Waals surface area contributed by atoms with E-state index >= 15 is 0 Å². The molecule has 1 heterocycles. The Morgan fingerprint density at radius 3 is 2.54 bits per heavy atom. The average Bonchev–Trinajstić information content (AvgIpc) is 2.89. The molecule has 0 radical (unpaired) electrons. The van der Waals surface area contributed by atoms with Gasteiger partial charge in [-0.05, 0) is 38.2 Å². The third-order valence-corrected chi connectivity index (χ3v) is 6.00. The van der Waals surface area contributed by atoms with Crippen molar-refractivity contribution in [2.75, 3.05) is 0 Å². The highest BCUT2D eigenvalue weighted by Crippen LogP contribution is 2.38. The van der Waals surface area contributed by atoms with Gasteiger partial charge in [-0.3, -0.25) is 4.79 Å². The van der Waals surface area contributed by atoms with Crippen LogP contribution in [-0.4, -0.2) is 10.5 Å². The topological polar surface area (TPSA) is 48.0 Å². The summed E-state index contributed by atoms with van der Waals surface area (Å²) in [6.45, 7) is 5.18. The van der Waals surface area contributed by atoms with Gasteiger partial charge in [-0.2, -0.15) is 0 Å². The van der Waals surface area contributed by atoms with E-state index in [-0.39, 0.29) is 5.91 Å². The molecule has 1 fully saturated rings. The van der Waals surface area contributed by atoms with Crippen LogP contribution in [0.25, 0.3) is 11.1 Å². The highest BCUT2D eigenvalue weighted by atomic mass is 35.5. The zero-order chi connectivity index (χ0) is 18.7. The maximum absolute atomic E-state index is 12.4. The van der Waals surface area contributed by atoms with Gasteiger partial charge < -0.3 is 10.3 Å².